The number of hydrogen-bond donors (Lipinski definition) is 1. The molecule has 0 atom stereocenters. The highest BCUT2D eigenvalue weighted by Crippen LogP contribution is 2.29. The molecule has 2 aromatic rings. The molecule has 17 heavy (non-hydrogen) atoms. The van der Waals surface area contributed by atoms with Gasteiger partial charge in [0.25, 0.3) is 0 Å². The summed E-state index contributed by atoms with van der Waals surface area (Å²) in [6.07, 6.45) is 1.93. The summed E-state index contributed by atoms with van der Waals surface area (Å²) in [7, 11) is 0. The molecule has 2 nitrogen and oxygen atoms in total. The number of nitrogens with zero attached hydrogens (tertiary/aromatic N) is 1. The summed E-state index contributed by atoms with van der Waals surface area (Å²) in [6, 6.07) is 6.14. The van der Waals surface area contributed by atoms with Gasteiger partial charge >= 0.3 is 0 Å². The van der Waals surface area contributed by atoms with Gasteiger partial charge in [0.15, 0.2) is 11.6 Å². The first-order valence-corrected chi connectivity index (χ1v) is 5.60. The van der Waals surface area contributed by atoms with Gasteiger partial charge in [0.1, 0.15) is 0 Å². The Hall–Kier alpha value is -1.68. The van der Waals surface area contributed by atoms with Crippen molar-refractivity contribution in [3.8, 4) is 11.1 Å². The van der Waals surface area contributed by atoms with E-state index in [-0.39, 0.29) is 0 Å². The molecule has 0 radical (unpaired) electrons. The first kappa shape index (κ1) is 10.5. The van der Waals surface area contributed by atoms with Crippen molar-refractivity contribution < 1.29 is 8.78 Å². The van der Waals surface area contributed by atoms with E-state index in [0.717, 1.165) is 30.4 Å². The van der Waals surface area contributed by atoms with Gasteiger partial charge < -0.3 is 9.88 Å². The SMILES string of the molecule is Fc1cccc(-c2ccn3c2CNCC3)c1F. The molecule has 0 amide bonds. The average molecular weight is 234 g/mol. The molecule has 0 saturated carbocycles. The lowest BCUT2D eigenvalue weighted by atomic mass is 10.0. The lowest BCUT2D eigenvalue weighted by molar-refractivity contribution is 0.507. The normalized spacial score (nSPS) is 14.7. The van der Waals surface area contributed by atoms with Gasteiger partial charge in [0, 0.05) is 42.7 Å². The Balaban J connectivity index is 2.15. The molecule has 0 aliphatic carbocycles. The van der Waals surface area contributed by atoms with Gasteiger partial charge in [-0.2, -0.15) is 0 Å². The molecule has 1 aromatic carbocycles. The number of halogens is 2. The summed E-state index contributed by atoms with van der Waals surface area (Å²) in [4.78, 5) is 0. The van der Waals surface area contributed by atoms with E-state index in [0.29, 0.717) is 12.1 Å². The third-order valence-corrected chi connectivity index (χ3v) is 3.14. The zero-order chi connectivity index (χ0) is 11.8. The molecule has 0 spiro atoms. The predicted molar refractivity (Wildman–Crippen MR) is 61.5 cm³/mol. The van der Waals surface area contributed by atoms with Crippen LogP contribution in [0.3, 0.4) is 0 Å². The third kappa shape index (κ3) is 1.65. The Morgan fingerprint density at radius 1 is 1.12 bits per heavy atom. The maximum atomic E-state index is 13.7. The van der Waals surface area contributed by atoms with E-state index in [1.54, 1.807) is 6.07 Å². The van der Waals surface area contributed by atoms with Crippen molar-refractivity contribution in [2.45, 2.75) is 13.1 Å². The fourth-order valence-corrected chi connectivity index (χ4v) is 2.27. The van der Waals surface area contributed by atoms with Crippen LogP contribution in [0.15, 0.2) is 30.5 Å². The summed E-state index contributed by atoms with van der Waals surface area (Å²) < 4.78 is 29.0. The molecule has 3 rings (SSSR count). The van der Waals surface area contributed by atoms with Crippen LogP contribution in [0, 0.1) is 11.6 Å². The first-order chi connectivity index (χ1) is 8.27. The third-order valence-electron chi connectivity index (χ3n) is 3.14. The van der Waals surface area contributed by atoms with Gasteiger partial charge in [-0.3, -0.25) is 0 Å². The fourth-order valence-electron chi connectivity index (χ4n) is 2.27. The molecule has 0 unspecified atom stereocenters. The van der Waals surface area contributed by atoms with Crippen molar-refractivity contribution in [1.82, 2.24) is 9.88 Å². The van der Waals surface area contributed by atoms with E-state index >= 15 is 0 Å². The molecule has 1 aliphatic rings. The van der Waals surface area contributed by atoms with Crippen LogP contribution in [0.4, 0.5) is 8.78 Å². The minimum Gasteiger partial charge on any atom is -0.348 e. The lowest BCUT2D eigenvalue weighted by Gasteiger charge is -2.18. The molecule has 1 aliphatic heterocycles. The van der Waals surface area contributed by atoms with Gasteiger partial charge in [-0.05, 0) is 12.1 Å². The van der Waals surface area contributed by atoms with Crippen LogP contribution in [0.2, 0.25) is 0 Å². The number of nitrogens with one attached hydrogen (secondary N) is 1. The van der Waals surface area contributed by atoms with E-state index in [4.69, 9.17) is 0 Å². The summed E-state index contributed by atoms with van der Waals surface area (Å²) in [5, 5.41) is 3.23. The second-order valence-electron chi connectivity index (χ2n) is 4.15. The number of aromatic nitrogens is 1. The molecule has 1 N–H and O–H groups in total. The average Bonchev–Trinajstić information content (AvgIpc) is 2.77. The maximum Gasteiger partial charge on any atom is 0.166 e. The summed E-state index contributed by atoms with van der Waals surface area (Å²) in [6.45, 7) is 2.47. The Bertz CT molecular complexity index is 561. The second kappa shape index (κ2) is 3.96. The quantitative estimate of drug-likeness (QED) is 0.802. The summed E-state index contributed by atoms with van der Waals surface area (Å²) in [5.41, 5.74) is 2.12. The highest BCUT2D eigenvalue weighted by molar-refractivity contribution is 5.67. The van der Waals surface area contributed by atoms with Crippen LogP contribution >= 0.6 is 0 Å². The van der Waals surface area contributed by atoms with Crippen molar-refractivity contribution in [3.05, 3.63) is 47.8 Å². The van der Waals surface area contributed by atoms with Crippen molar-refractivity contribution in [2.24, 2.45) is 0 Å². The molecule has 88 valence electrons. The largest absolute Gasteiger partial charge is 0.348 e. The van der Waals surface area contributed by atoms with E-state index < -0.39 is 11.6 Å². The van der Waals surface area contributed by atoms with E-state index in [9.17, 15) is 8.78 Å². The molecular weight excluding hydrogens is 222 g/mol. The molecule has 0 bridgehead atoms. The van der Waals surface area contributed by atoms with Crippen molar-refractivity contribution in [3.63, 3.8) is 0 Å². The number of rotatable bonds is 1. The summed E-state index contributed by atoms with van der Waals surface area (Å²) in [5.74, 6) is -1.57. The monoisotopic (exact) mass is 234 g/mol. The van der Waals surface area contributed by atoms with Gasteiger partial charge in [-0.25, -0.2) is 8.78 Å². The predicted octanol–water partition coefficient (Wildman–Crippen LogP) is 2.54. The number of benzene rings is 1. The van der Waals surface area contributed by atoms with Gasteiger partial charge in [0.2, 0.25) is 0 Å². The highest BCUT2D eigenvalue weighted by Gasteiger charge is 2.17. The zero-order valence-corrected chi connectivity index (χ0v) is 9.21. The molecule has 1 aromatic heterocycles. The topological polar surface area (TPSA) is 17.0 Å². The van der Waals surface area contributed by atoms with E-state index in [2.05, 4.69) is 9.88 Å². The lowest BCUT2D eigenvalue weighted by Crippen LogP contribution is -2.27. The molecular formula is C13H12F2N2. The van der Waals surface area contributed by atoms with Crippen LogP contribution in [0.1, 0.15) is 5.69 Å². The Kier molecular flexibility index (Phi) is 2.44. The second-order valence-corrected chi connectivity index (χ2v) is 4.15. The molecule has 2 heterocycles. The molecule has 0 fully saturated rings. The molecule has 4 heteroatoms. The van der Waals surface area contributed by atoms with Gasteiger partial charge in [-0.15, -0.1) is 0 Å². The number of fused-ring (bicyclic) bond motifs is 1. The molecule has 0 saturated heterocycles. The minimum atomic E-state index is -0.800. The Morgan fingerprint density at radius 2 is 2.00 bits per heavy atom. The Morgan fingerprint density at radius 3 is 2.88 bits per heavy atom. The van der Waals surface area contributed by atoms with Crippen molar-refractivity contribution in [1.29, 1.82) is 0 Å². The van der Waals surface area contributed by atoms with Gasteiger partial charge in [-0.1, -0.05) is 12.1 Å². The minimum absolute atomic E-state index is 0.336. The van der Waals surface area contributed by atoms with E-state index in [1.165, 1.54) is 6.07 Å². The van der Waals surface area contributed by atoms with Crippen molar-refractivity contribution >= 4 is 0 Å². The van der Waals surface area contributed by atoms with Crippen LogP contribution in [-0.4, -0.2) is 11.1 Å². The van der Waals surface area contributed by atoms with Crippen LogP contribution < -0.4 is 5.32 Å². The van der Waals surface area contributed by atoms with E-state index in [1.807, 2.05) is 12.3 Å². The van der Waals surface area contributed by atoms with Gasteiger partial charge in [0.05, 0.1) is 0 Å². The fraction of sp³-hybridized carbons (Fsp3) is 0.231. The highest BCUT2D eigenvalue weighted by atomic mass is 19.2. The smallest absolute Gasteiger partial charge is 0.166 e. The van der Waals surface area contributed by atoms with Crippen LogP contribution in [0.25, 0.3) is 11.1 Å². The first-order valence-electron chi connectivity index (χ1n) is 5.60. The summed E-state index contributed by atoms with van der Waals surface area (Å²) >= 11 is 0. The maximum absolute atomic E-state index is 13.7. The standard InChI is InChI=1S/C13H12F2N2/c14-11-3-1-2-10(13(11)15)9-4-6-17-7-5-16-8-12(9)17/h1-4,6,16H,5,7-8H2. The zero-order valence-electron chi connectivity index (χ0n) is 9.21. The Labute approximate surface area is 97.9 Å². The van der Waals surface area contributed by atoms with Crippen LogP contribution in [-0.2, 0) is 13.1 Å². The van der Waals surface area contributed by atoms with Crippen LogP contribution in [0.5, 0.6) is 0 Å². The number of hydrogen-bond acceptors (Lipinski definition) is 1. The van der Waals surface area contributed by atoms with Crippen molar-refractivity contribution in [2.75, 3.05) is 6.54 Å².